The minimum Gasteiger partial charge on any atom is -0.426 e. The highest BCUT2D eigenvalue weighted by molar-refractivity contribution is 6.08. The van der Waals surface area contributed by atoms with E-state index in [9.17, 15) is 9.59 Å². The highest BCUT2D eigenvalue weighted by Gasteiger charge is 2.22. The van der Waals surface area contributed by atoms with Crippen molar-refractivity contribution >= 4 is 22.8 Å². The first-order valence-electron chi connectivity index (χ1n) is 7.73. The first kappa shape index (κ1) is 15.8. The molecule has 3 N–H and O–H groups in total. The Bertz CT molecular complexity index is 941. The lowest BCUT2D eigenvalue weighted by molar-refractivity contribution is -0.134. The molecule has 0 spiro atoms. The molecule has 3 aromatic rings. The number of primary amides is 1. The predicted octanol–water partition coefficient (Wildman–Crippen LogP) is 3.56. The molecule has 122 valence electrons. The molecule has 5 nitrogen and oxygen atoms in total. The summed E-state index contributed by atoms with van der Waals surface area (Å²) >= 11 is 0. The second kappa shape index (κ2) is 6.20. The number of aromatic nitrogens is 1. The molecule has 3 rings (SSSR count). The molecule has 5 heteroatoms. The Balaban J connectivity index is 2.28. The lowest BCUT2D eigenvalue weighted by Gasteiger charge is -2.14. The van der Waals surface area contributed by atoms with Crippen molar-refractivity contribution in [2.75, 3.05) is 0 Å². The fraction of sp³-hybridized carbons (Fsp3) is 0.158. The third-order valence-electron chi connectivity index (χ3n) is 3.99. The molecule has 1 aromatic heterocycles. The Morgan fingerprint density at radius 3 is 2.62 bits per heavy atom. The number of aryl methyl sites for hydroxylation is 1. The van der Waals surface area contributed by atoms with Gasteiger partial charge in [0.15, 0.2) is 0 Å². The maximum Gasteiger partial charge on any atom is 0.310 e. The monoisotopic (exact) mass is 322 g/mol. The van der Waals surface area contributed by atoms with Gasteiger partial charge in [0.25, 0.3) is 5.91 Å². The molecule has 0 fully saturated rings. The number of aromatic amines is 1. The number of hydrogen-bond donors (Lipinski definition) is 2. The summed E-state index contributed by atoms with van der Waals surface area (Å²) in [6, 6.07) is 11.2. The van der Waals surface area contributed by atoms with E-state index in [0.717, 1.165) is 22.0 Å². The first-order valence-corrected chi connectivity index (χ1v) is 7.73. The lowest BCUT2D eigenvalue weighted by Crippen LogP contribution is -2.17. The number of carbonyl (C=O) groups is 2. The van der Waals surface area contributed by atoms with E-state index in [1.54, 1.807) is 13.0 Å². The van der Waals surface area contributed by atoms with E-state index in [4.69, 9.17) is 10.5 Å². The number of H-pyrrole nitrogens is 1. The second-order valence-electron chi connectivity index (χ2n) is 5.57. The molecular weight excluding hydrogens is 304 g/mol. The summed E-state index contributed by atoms with van der Waals surface area (Å²) in [4.78, 5) is 27.0. The Kier molecular flexibility index (Phi) is 4.08. The Morgan fingerprint density at radius 2 is 1.92 bits per heavy atom. The Hall–Kier alpha value is -3.08. The zero-order valence-electron chi connectivity index (χ0n) is 13.6. The Morgan fingerprint density at radius 1 is 1.17 bits per heavy atom. The largest absolute Gasteiger partial charge is 0.426 e. The fourth-order valence-electron chi connectivity index (χ4n) is 2.84. The van der Waals surface area contributed by atoms with E-state index >= 15 is 0 Å². The SMILES string of the molecule is CCC(=O)Oc1ccc(C)c(-c2c[nH]c3ccccc23)c1C(N)=O. The minimum atomic E-state index is -0.627. The molecule has 1 amide bonds. The van der Waals surface area contributed by atoms with Crippen molar-refractivity contribution in [3.63, 3.8) is 0 Å². The normalized spacial score (nSPS) is 10.8. The van der Waals surface area contributed by atoms with Crippen molar-refractivity contribution in [1.82, 2.24) is 4.98 Å². The van der Waals surface area contributed by atoms with Gasteiger partial charge in [-0.05, 0) is 24.6 Å². The molecule has 24 heavy (non-hydrogen) atoms. The number of amides is 1. The zero-order chi connectivity index (χ0) is 17.3. The summed E-state index contributed by atoms with van der Waals surface area (Å²) in [7, 11) is 0. The molecule has 0 radical (unpaired) electrons. The van der Waals surface area contributed by atoms with Gasteiger partial charge in [0, 0.05) is 34.6 Å². The second-order valence-corrected chi connectivity index (χ2v) is 5.57. The number of hydrogen-bond acceptors (Lipinski definition) is 3. The zero-order valence-corrected chi connectivity index (χ0v) is 13.6. The van der Waals surface area contributed by atoms with Gasteiger partial charge < -0.3 is 15.5 Å². The van der Waals surface area contributed by atoms with Crippen molar-refractivity contribution in [1.29, 1.82) is 0 Å². The van der Waals surface area contributed by atoms with Crippen molar-refractivity contribution in [3.05, 3.63) is 53.7 Å². The van der Waals surface area contributed by atoms with Gasteiger partial charge in [-0.3, -0.25) is 9.59 Å². The van der Waals surface area contributed by atoms with Crippen LogP contribution in [0.3, 0.4) is 0 Å². The van der Waals surface area contributed by atoms with E-state index in [-0.39, 0.29) is 17.7 Å². The van der Waals surface area contributed by atoms with Crippen molar-refractivity contribution < 1.29 is 14.3 Å². The number of benzene rings is 2. The predicted molar refractivity (Wildman–Crippen MR) is 92.9 cm³/mol. The molecule has 0 atom stereocenters. The fourth-order valence-corrected chi connectivity index (χ4v) is 2.84. The highest BCUT2D eigenvalue weighted by Crippen LogP contribution is 2.37. The third-order valence-corrected chi connectivity index (χ3v) is 3.99. The molecule has 0 saturated carbocycles. The summed E-state index contributed by atoms with van der Waals surface area (Å²) in [6.07, 6.45) is 2.05. The third kappa shape index (κ3) is 2.65. The summed E-state index contributed by atoms with van der Waals surface area (Å²) < 4.78 is 5.31. The van der Waals surface area contributed by atoms with Gasteiger partial charge in [-0.1, -0.05) is 31.2 Å². The number of ether oxygens (including phenoxy) is 1. The molecule has 0 aliphatic carbocycles. The van der Waals surface area contributed by atoms with Gasteiger partial charge in [-0.15, -0.1) is 0 Å². The van der Waals surface area contributed by atoms with E-state index in [2.05, 4.69) is 4.98 Å². The standard InChI is InChI=1S/C19H18N2O3/c1-3-16(22)24-15-9-8-11(2)17(18(15)19(20)23)13-10-21-14-7-5-4-6-12(13)14/h4-10,21H,3H2,1-2H3,(H2,20,23). The van der Waals surface area contributed by atoms with E-state index < -0.39 is 11.9 Å². The van der Waals surface area contributed by atoms with Gasteiger partial charge >= 0.3 is 5.97 Å². The quantitative estimate of drug-likeness (QED) is 0.569. The van der Waals surface area contributed by atoms with Crippen LogP contribution in [0.2, 0.25) is 0 Å². The van der Waals surface area contributed by atoms with Crippen LogP contribution in [-0.4, -0.2) is 16.9 Å². The summed E-state index contributed by atoms with van der Waals surface area (Å²) in [5.74, 6) is -0.843. The minimum absolute atomic E-state index is 0.195. The van der Waals surface area contributed by atoms with Crippen LogP contribution in [-0.2, 0) is 4.79 Å². The lowest BCUT2D eigenvalue weighted by atomic mass is 9.93. The molecule has 0 bridgehead atoms. The van der Waals surface area contributed by atoms with Crippen LogP contribution >= 0.6 is 0 Å². The van der Waals surface area contributed by atoms with Crippen LogP contribution in [0.1, 0.15) is 29.3 Å². The smallest absolute Gasteiger partial charge is 0.310 e. The van der Waals surface area contributed by atoms with Gasteiger partial charge in [0.2, 0.25) is 0 Å². The molecule has 0 saturated heterocycles. The molecule has 0 aliphatic rings. The number of nitrogens with one attached hydrogen (secondary N) is 1. The van der Waals surface area contributed by atoms with Gasteiger partial charge in [-0.25, -0.2) is 0 Å². The number of esters is 1. The molecule has 0 unspecified atom stereocenters. The van der Waals surface area contributed by atoms with Crippen molar-refractivity contribution in [3.8, 4) is 16.9 Å². The number of rotatable bonds is 4. The maximum absolute atomic E-state index is 12.1. The number of carbonyl (C=O) groups excluding carboxylic acids is 2. The van der Waals surface area contributed by atoms with Crippen LogP contribution in [0, 0.1) is 6.92 Å². The molecule has 0 aliphatic heterocycles. The average Bonchev–Trinajstić information content (AvgIpc) is 2.99. The Labute approximate surface area is 139 Å². The van der Waals surface area contributed by atoms with Crippen LogP contribution in [0.25, 0.3) is 22.0 Å². The van der Waals surface area contributed by atoms with Crippen molar-refractivity contribution in [2.24, 2.45) is 5.73 Å². The van der Waals surface area contributed by atoms with E-state index in [1.807, 2.05) is 43.5 Å². The van der Waals surface area contributed by atoms with Crippen LogP contribution in [0.5, 0.6) is 5.75 Å². The molecular formula is C19H18N2O3. The summed E-state index contributed by atoms with van der Waals surface area (Å²) in [5.41, 5.74) is 9.21. The number of para-hydroxylation sites is 1. The van der Waals surface area contributed by atoms with E-state index in [1.165, 1.54) is 0 Å². The topological polar surface area (TPSA) is 85.2 Å². The number of fused-ring (bicyclic) bond motifs is 1. The first-order chi connectivity index (χ1) is 11.5. The summed E-state index contributed by atoms with van der Waals surface area (Å²) in [5, 5.41) is 0.974. The summed E-state index contributed by atoms with van der Waals surface area (Å²) in [6.45, 7) is 3.59. The average molecular weight is 322 g/mol. The van der Waals surface area contributed by atoms with Crippen LogP contribution in [0.4, 0.5) is 0 Å². The van der Waals surface area contributed by atoms with E-state index in [0.29, 0.717) is 5.56 Å². The maximum atomic E-state index is 12.1. The van der Waals surface area contributed by atoms with Gasteiger partial charge in [0.1, 0.15) is 5.75 Å². The van der Waals surface area contributed by atoms with Gasteiger partial charge in [-0.2, -0.15) is 0 Å². The van der Waals surface area contributed by atoms with Crippen LogP contribution in [0.15, 0.2) is 42.6 Å². The van der Waals surface area contributed by atoms with Gasteiger partial charge in [0.05, 0.1) is 5.56 Å². The highest BCUT2D eigenvalue weighted by atomic mass is 16.5. The molecule has 2 aromatic carbocycles. The van der Waals surface area contributed by atoms with Crippen LogP contribution < -0.4 is 10.5 Å². The number of nitrogens with two attached hydrogens (primary N) is 1. The molecule has 1 heterocycles. The van der Waals surface area contributed by atoms with Crippen molar-refractivity contribution in [2.45, 2.75) is 20.3 Å².